The van der Waals surface area contributed by atoms with Gasteiger partial charge in [-0.2, -0.15) is 0 Å². The minimum atomic E-state index is -0.984. The molecule has 2 rings (SSSR count). The fraction of sp³-hybridized carbons (Fsp3) is 0.643. The lowest BCUT2D eigenvalue weighted by atomic mass is 10.1. The van der Waals surface area contributed by atoms with E-state index in [4.69, 9.17) is 4.74 Å². The van der Waals surface area contributed by atoms with Gasteiger partial charge in [0.25, 0.3) is 11.8 Å². The second-order valence-corrected chi connectivity index (χ2v) is 5.46. The molecular weight excluding hydrogens is 262 g/mol. The summed E-state index contributed by atoms with van der Waals surface area (Å²) < 4.78 is 5.22. The number of nitrogens with zero attached hydrogens (tertiary/aromatic N) is 1. The molecule has 0 aromatic carbocycles. The smallest absolute Gasteiger partial charge is 0.426 e. The van der Waals surface area contributed by atoms with Crippen LogP contribution in [0.4, 0.5) is 4.79 Å². The number of hydroxylamine groups is 2. The van der Waals surface area contributed by atoms with E-state index >= 15 is 0 Å². The van der Waals surface area contributed by atoms with E-state index in [0.29, 0.717) is 11.0 Å². The highest BCUT2D eigenvalue weighted by Gasteiger charge is 2.54. The summed E-state index contributed by atoms with van der Waals surface area (Å²) in [5.74, 6) is -0.703. The van der Waals surface area contributed by atoms with Crippen LogP contribution < -0.4 is 0 Å². The lowest BCUT2D eigenvalue weighted by molar-refractivity contribution is -0.179. The number of allylic oxidation sites excluding steroid dienone is 1. The number of hydrogen-bond donors (Lipinski definition) is 0. The number of hydrogen-bond acceptors (Lipinski definition) is 5. The van der Waals surface area contributed by atoms with Gasteiger partial charge in [-0.25, -0.2) is 4.79 Å². The lowest BCUT2D eigenvalue weighted by Crippen LogP contribution is -2.34. The number of ether oxygens (including phenoxy) is 1. The molecule has 1 aliphatic carbocycles. The summed E-state index contributed by atoms with van der Waals surface area (Å²) in [4.78, 5) is 38.9. The van der Waals surface area contributed by atoms with Crippen molar-refractivity contribution in [2.75, 3.05) is 0 Å². The van der Waals surface area contributed by atoms with Crippen molar-refractivity contribution in [3.63, 3.8) is 0 Å². The number of rotatable bonds is 6. The maximum Gasteiger partial charge on any atom is 0.534 e. The summed E-state index contributed by atoms with van der Waals surface area (Å²) in [6.07, 6.45) is 4.71. The minimum Gasteiger partial charge on any atom is -0.426 e. The van der Waals surface area contributed by atoms with Crippen molar-refractivity contribution in [2.45, 2.75) is 51.0 Å². The number of carbonyl (C=O) groups is 3. The second-order valence-electron chi connectivity index (χ2n) is 5.46. The van der Waals surface area contributed by atoms with Crippen LogP contribution in [-0.2, 0) is 19.2 Å². The summed E-state index contributed by atoms with van der Waals surface area (Å²) in [6, 6.07) is 0. The molecule has 20 heavy (non-hydrogen) atoms. The summed E-state index contributed by atoms with van der Waals surface area (Å²) in [6.45, 7) is 5.49. The molecule has 0 aromatic rings. The first kappa shape index (κ1) is 14.6. The van der Waals surface area contributed by atoms with Crippen LogP contribution in [0.5, 0.6) is 0 Å². The van der Waals surface area contributed by atoms with Crippen LogP contribution >= 0.6 is 0 Å². The number of unbranched alkanes of at least 4 members (excludes halogenated alkanes) is 1. The van der Waals surface area contributed by atoms with E-state index < -0.39 is 23.6 Å². The largest absolute Gasteiger partial charge is 0.534 e. The number of amides is 2. The summed E-state index contributed by atoms with van der Waals surface area (Å²) in [5, 5.41) is 0.501. The van der Waals surface area contributed by atoms with Gasteiger partial charge in [0.2, 0.25) is 0 Å². The molecule has 6 heteroatoms. The van der Waals surface area contributed by atoms with Crippen LogP contribution in [0.2, 0.25) is 0 Å². The van der Waals surface area contributed by atoms with E-state index in [9.17, 15) is 14.4 Å². The van der Waals surface area contributed by atoms with Crippen LogP contribution in [0, 0.1) is 5.92 Å². The van der Waals surface area contributed by atoms with E-state index in [2.05, 4.69) is 11.4 Å². The number of carbonyl (C=O) groups excluding carboxylic acids is 3. The highest BCUT2D eigenvalue weighted by molar-refractivity contribution is 6.01. The maximum atomic E-state index is 11.6. The van der Waals surface area contributed by atoms with Gasteiger partial charge < -0.3 is 4.74 Å². The fourth-order valence-corrected chi connectivity index (χ4v) is 2.41. The van der Waals surface area contributed by atoms with E-state index in [1.54, 1.807) is 0 Å². The fourth-order valence-electron chi connectivity index (χ4n) is 2.41. The highest BCUT2D eigenvalue weighted by Crippen LogP contribution is 2.49. The van der Waals surface area contributed by atoms with E-state index in [0.717, 1.165) is 25.7 Å². The Bertz CT molecular complexity index is 431. The maximum absolute atomic E-state index is 11.6. The second kappa shape index (κ2) is 5.64. The number of imide groups is 1. The van der Waals surface area contributed by atoms with Crippen molar-refractivity contribution >= 4 is 18.0 Å². The molecule has 2 fully saturated rings. The Morgan fingerprint density at radius 2 is 2.10 bits per heavy atom. The van der Waals surface area contributed by atoms with Gasteiger partial charge in [0, 0.05) is 18.8 Å². The summed E-state index contributed by atoms with van der Waals surface area (Å²) in [5.41, 5.74) is -0.538. The average molecular weight is 281 g/mol. The van der Waals surface area contributed by atoms with Gasteiger partial charge in [0.1, 0.15) is 5.60 Å². The van der Waals surface area contributed by atoms with Crippen molar-refractivity contribution in [3.8, 4) is 0 Å². The highest BCUT2D eigenvalue weighted by atomic mass is 16.8. The van der Waals surface area contributed by atoms with Crippen LogP contribution in [0.15, 0.2) is 12.7 Å². The monoisotopic (exact) mass is 281 g/mol. The Kier molecular flexibility index (Phi) is 4.11. The normalized spacial score (nSPS) is 28.4. The minimum absolute atomic E-state index is 0.0769. The standard InChI is InChI=1S/C14H19NO5/c1-3-4-5-6-10-9-14(10,2)19-13(18)20-15-11(16)7-8-12(15)17/h3,10H,1,4-9H2,2H3/t10-,14-/m1/s1. The Morgan fingerprint density at radius 3 is 2.70 bits per heavy atom. The molecule has 0 radical (unpaired) electrons. The quantitative estimate of drug-likeness (QED) is 0.323. The van der Waals surface area contributed by atoms with Crippen LogP contribution in [0.3, 0.4) is 0 Å². The van der Waals surface area contributed by atoms with Gasteiger partial charge in [0.05, 0.1) is 0 Å². The van der Waals surface area contributed by atoms with Crippen LogP contribution in [-0.4, -0.2) is 28.6 Å². The van der Waals surface area contributed by atoms with E-state index in [1.165, 1.54) is 0 Å². The average Bonchev–Trinajstić information content (AvgIpc) is 2.91. The predicted octanol–water partition coefficient (Wildman–Crippen LogP) is 2.34. The van der Waals surface area contributed by atoms with Gasteiger partial charge in [-0.3, -0.25) is 14.4 Å². The molecular formula is C14H19NO5. The van der Waals surface area contributed by atoms with Gasteiger partial charge in [-0.05, 0) is 32.6 Å². The lowest BCUT2D eigenvalue weighted by Gasteiger charge is -2.16. The van der Waals surface area contributed by atoms with E-state index in [1.807, 2.05) is 13.0 Å². The predicted molar refractivity (Wildman–Crippen MR) is 69.2 cm³/mol. The Morgan fingerprint density at radius 1 is 1.45 bits per heavy atom. The molecule has 1 saturated carbocycles. The molecule has 2 aliphatic rings. The van der Waals surface area contributed by atoms with Crippen molar-refractivity contribution in [1.82, 2.24) is 5.06 Å². The molecule has 0 aromatic heterocycles. The molecule has 1 aliphatic heterocycles. The third-order valence-electron chi connectivity index (χ3n) is 3.80. The molecule has 1 heterocycles. The Balaban J connectivity index is 1.76. The Labute approximate surface area is 117 Å². The van der Waals surface area contributed by atoms with Crippen LogP contribution in [0.25, 0.3) is 0 Å². The molecule has 0 unspecified atom stereocenters. The molecule has 0 N–H and O–H groups in total. The zero-order valence-electron chi connectivity index (χ0n) is 11.6. The first-order chi connectivity index (χ1) is 9.46. The van der Waals surface area contributed by atoms with Gasteiger partial charge in [-0.15, -0.1) is 6.58 Å². The van der Waals surface area contributed by atoms with Crippen molar-refractivity contribution in [2.24, 2.45) is 5.92 Å². The van der Waals surface area contributed by atoms with Crippen molar-refractivity contribution < 1.29 is 24.0 Å². The van der Waals surface area contributed by atoms with Crippen molar-refractivity contribution in [1.29, 1.82) is 0 Å². The molecule has 0 spiro atoms. The molecule has 2 amide bonds. The molecule has 6 nitrogen and oxygen atoms in total. The molecule has 0 bridgehead atoms. The SMILES string of the molecule is C=CCCC[C@@H]1C[C@@]1(C)OC(=O)ON1C(=O)CCC1=O. The van der Waals surface area contributed by atoms with Gasteiger partial charge >= 0.3 is 6.16 Å². The third kappa shape index (κ3) is 3.18. The third-order valence-corrected chi connectivity index (χ3v) is 3.80. The van der Waals surface area contributed by atoms with Gasteiger partial charge in [-0.1, -0.05) is 11.1 Å². The zero-order valence-corrected chi connectivity index (χ0v) is 11.6. The zero-order chi connectivity index (χ0) is 14.8. The summed E-state index contributed by atoms with van der Waals surface area (Å²) in [7, 11) is 0. The van der Waals surface area contributed by atoms with Crippen molar-refractivity contribution in [3.05, 3.63) is 12.7 Å². The molecule has 2 atom stereocenters. The summed E-state index contributed by atoms with van der Waals surface area (Å²) >= 11 is 0. The molecule has 1 saturated heterocycles. The van der Waals surface area contributed by atoms with Crippen LogP contribution in [0.1, 0.15) is 45.4 Å². The topological polar surface area (TPSA) is 72.9 Å². The molecule has 110 valence electrons. The van der Waals surface area contributed by atoms with E-state index in [-0.39, 0.29) is 12.8 Å². The first-order valence-electron chi connectivity index (χ1n) is 6.84. The van der Waals surface area contributed by atoms with Gasteiger partial charge in [0.15, 0.2) is 0 Å². The Hall–Kier alpha value is -1.85. The first-order valence-corrected chi connectivity index (χ1v) is 6.84.